The van der Waals surface area contributed by atoms with Gasteiger partial charge in [0.15, 0.2) is 5.96 Å². The molecule has 23 heavy (non-hydrogen) atoms. The summed E-state index contributed by atoms with van der Waals surface area (Å²) in [4.78, 5) is 6.55. The van der Waals surface area contributed by atoms with E-state index < -0.39 is 0 Å². The molecule has 6 heteroatoms. The van der Waals surface area contributed by atoms with Gasteiger partial charge in [0.05, 0.1) is 18.9 Å². The van der Waals surface area contributed by atoms with Gasteiger partial charge in [0.2, 0.25) is 0 Å². The minimum absolute atomic E-state index is 0. The summed E-state index contributed by atoms with van der Waals surface area (Å²) in [5.41, 5.74) is 0.145. The first-order valence-electron chi connectivity index (χ1n) is 8.12. The van der Waals surface area contributed by atoms with Gasteiger partial charge in [-0.15, -0.1) is 24.0 Å². The average Bonchev–Trinajstić information content (AvgIpc) is 3.00. The van der Waals surface area contributed by atoms with Crippen molar-refractivity contribution in [3.63, 3.8) is 0 Å². The molecule has 0 amide bonds. The number of hydrogen-bond acceptors (Lipinski definition) is 3. The molecule has 1 N–H and O–H groups in total. The van der Waals surface area contributed by atoms with E-state index in [9.17, 15) is 0 Å². The van der Waals surface area contributed by atoms with Crippen molar-refractivity contribution in [2.45, 2.75) is 45.4 Å². The van der Waals surface area contributed by atoms with E-state index in [4.69, 9.17) is 9.15 Å². The van der Waals surface area contributed by atoms with Gasteiger partial charge in [0, 0.05) is 38.1 Å². The van der Waals surface area contributed by atoms with Crippen LogP contribution < -0.4 is 5.32 Å². The van der Waals surface area contributed by atoms with Gasteiger partial charge in [-0.3, -0.25) is 4.99 Å². The van der Waals surface area contributed by atoms with Crippen LogP contribution in [0.25, 0.3) is 0 Å². The molecule has 1 aliphatic heterocycles. The second-order valence-corrected chi connectivity index (χ2v) is 7.02. The van der Waals surface area contributed by atoms with Crippen molar-refractivity contribution in [2.75, 3.05) is 20.7 Å². The third kappa shape index (κ3) is 3.52. The van der Waals surface area contributed by atoms with Crippen LogP contribution in [0.2, 0.25) is 0 Å². The maximum Gasteiger partial charge on any atom is 0.194 e. The highest BCUT2D eigenvalue weighted by atomic mass is 127. The molecule has 2 aliphatic rings. The third-order valence-electron chi connectivity index (χ3n) is 5.16. The second kappa shape index (κ2) is 7.42. The van der Waals surface area contributed by atoms with Crippen molar-refractivity contribution in [3.05, 3.63) is 24.2 Å². The topological polar surface area (TPSA) is 50.0 Å². The number of fused-ring (bicyclic) bond motifs is 1. The molecule has 1 aliphatic carbocycles. The van der Waals surface area contributed by atoms with Crippen LogP contribution in [0.3, 0.4) is 0 Å². The molecule has 5 nitrogen and oxygen atoms in total. The molecule has 1 saturated heterocycles. The summed E-state index contributed by atoms with van der Waals surface area (Å²) < 4.78 is 11.4. The van der Waals surface area contributed by atoms with Crippen LogP contribution in [0, 0.1) is 11.3 Å². The molecule has 1 aromatic heterocycles. The fourth-order valence-electron chi connectivity index (χ4n) is 4.01. The second-order valence-electron chi connectivity index (χ2n) is 7.02. The molecule has 3 rings (SSSR count). The molecule has 0 radical (unpaired) electrons. The Morgan fingerprint density at radius 2 is 2.26 bits per heavy atom. The Bertz CT molecular complexity index is 530. The Hall–Kier alpha value is -0.760. The summed E-state index contributed by atoms with van der Waals surface area (Å²) in [5.74, 6) is 2.45. The lowest BCUT2D eigenvalue weighted by molar-refractivity contribution is -0.188. The van der Waals surface area contributed by atoms with E-state index in [1.165, 1.54) is 6.42 Å². The van der Waals surface area contributed by atoms with E-state index >= 15 is 0 Å². The first-order chi connectivity index (χ1) is 10.5. The number of furan rings is 1. The first kappa shape index (κ1) is 18.6. The molecular weight excluding hydrogens is 405 g/mol. The molecule has 1 aromatic rings. The fourth-order valence-corrected chi connectivity index (χ4v) is 4.01. The fraction of sp³-hybridized carbons (Fsp3) is 0.706. The number of rotatable bonds is 3. The lowest BCUT2D eigenvalue weighted by Gasteiger charge is -2.60. The molecule has 0 bridgehead atoms. The Morgan fingerprint density at radius 1 is 1.48 bits per heavy atom. The lowest BCUT2D eigenvalue weighted by Crippen LogP contribution is -2.71. The molecule has 0 aromatic carbocycles. The summed E-state index contributed by atoms with van der Waals surface area (Å²) in [7, 11) is 3.87. The predicted molar refractivity (Wildman–Crippen MR) is 102 cm³/mol. The van der Waals surface area contributed by atoms with Crippen molar-refractivity contribution in [3.8, 4) is 0 Å². The number of aliphatic imine (C=N–C) groups is 1. The zero-order valence-electron chi connectivity index (χ0n) is 14.4. The van der Waals surface area contributed by atoms with E-state index in [1.807, 2.05) is 26.2 Å². The van der Waals surface area contributed by atoms with Crippen molar-refractivity contribution < 1.29 is 9.15 Å². The minimum Gasteiger partial charge on any atom is -0.467 e. The largest absolute Gasteiger partial charge is 0.467 e. The van der Waals surface area contributed by atoms with E-state index in [0.29, 0.717) is 24.6 Å². The molecule has 2 fully saturated rings. The van der Waals surface area contributed by atoms with Crippen LogP contribution in [0.1, 0.15) is 32.4 Å². The molecule has 2 heterocycles. The summed E-state index contributed by atoms with van der Waals surface area (Å²) in [6.07, 6.45) is 4.49. The highest BCUT2D eigenvalue weighted by Crippen LogP contribution is 2.51. The molecule has 3 unspecified atom stereocenters. The van der Waals surface area contributed by atoms with Crippen molar-refractivity contribution in [2.24, 2.45) is 16.3 Å². The lowest BCUT2D eigenvalue weighted by atomic mass is 9.55. The Labute approximate surface area is 155 Å². The molecule has 3 atom stereocenters. The predicted octanol–water partition coefficient (Wildman–Crippen LogP) is 3.11. The maximum atomic E-state index is 5.97. The zero-order valence-corrected chi connectivity index (χ0v) is 16.7. The van der Waals surface area contributed by atoms with Crippen LogP contribution in [0.5, 0.6) is 0 Å². The molecule has 0 spiro atoms. The van der Waals surface area contributed by atoms with Gasteiger partial charge >= 0.3 is 0 Å². The van der Waals surface area contributed by atoms with Gasteiger partial charge in [-0.25, -0.2) is 0 Å². The Morgan fingerprint density at radius 3 is 2.91 bits per heavy atom. The van der Waals surface area contributed by atoms with E-state index in [0.717, 1.165) is 24.7 Å². The highest BCUT2D eigenvalue weighted by molar-refractivity contribution is 14.0. The van der Waals surface area contributed by atoms with Gasteiger partial charge in [0.1, 0.15) is 5.76 Å². The number of nitrogens with zero attached hydrogens (tertiary/aromatic N) is 2. The van der Waals surface area contributed by atoms with E-state index in [-0.39, 0.29) is 29.4 Å². The summed E-state index contributed by atoms with van der Waals surface area (Å²) in [6, 6.07) is 4.32. The van der Waals surface area contributed by atoms with Crippen LogP contribution in [-0.4, -0.2) is 43.7 Å². The van der Waals surface area contributed by atoms with Gasteiger partial charge in [-0.2, -0.15) is 0 Å². The third-order valence-corrected chi connectivity index (χ3v) is 5.16. The smallest absolute Gasteiger partial charge is 0.194 e. The quantitative estimate of drug-likeness (QED) is 0.452. The minimum atomic E-state index is 0. The number of nitrogens with one attached hydrogen (secondary N) is 1. The highest BCUT2D eigenvalue weighted by Gasteiger charge is 2.58. The SMILES string of the molecule is CN=C(NC1C2CCCOC2C1(C)C)N(C)Cc1ccco1.I. The first-order valence-corrected chi connectivity index (χ1v) is 8.12. The standard InChI is InChI=1S/C17H27N3O2.HI/c1-17(2)14(13-8-6-10-22-15(13)17)19-16(18-3)20(4)11-12-7-5-9-21-12;/h5,7,9,13-15H,6,8,10-11H2,1-4H3,(H,18,19);1H. The Kier molecular flexibility index (Phi) is 5.99. The van der Waals surface area contributed by atoms with Crippen LogP contribution in [-0.2, 0) is 11.3 Å². The summed E-state index contributed by atoms with van der Waals surface area (Å²) >= 11 is 0. The maximum absolute atomic E-state index is 5.97. The van der Waals surface area contributed by atoms with Crippen LogP contribution in [0.15, 0.2) is 27.8 Å². The monoisotopic (exact) mass is 433 g/mol. The molecule has 130 valence electrons. The van der Waals surface area contributed by atoms with Crippen LogP contribution >= 0.6 is 24.0 Å². The van der Waals surface area contributed by atoms with Gasteiger partial charge in [-0.1, -0.05) is 13.8 Å². The number of ether oxygens (including phenoxy) is 1. The van der Waals surface area contributed by atoms with E-state index in [1.54, 1.807) is 6.26 Å². The zero-order chi connectivity index (χ0) is 15.7. The number of hydrogen-bond donors (Lipinski definition) is 1. The van der Waals surface area contributed by atoms with Gasteiger partial charge in [-0.05, 0) is 25.0 Å². The summed E-state index contributed by atoms with van der Waals surface area (Å²) in [5, 5.41) is 3.66. The Balaban J connectivity index is 0.00000192. The van der Waals surface area contributed by atoms with E-state index in [2.05, 4.69) is 29.1 Å². The normalized spacial score (nSPS) is 29.0. The number of halogens is 1. The average molecular weight is 433 g/mol. The van der Waals surface area contributed by atoms with Crippen molar-refractivity contribution >= 4 is 29.9 Å². The summed E-state index contributed by atoms with van der Waals surface area (Å²) in [6.45, 7) is 6.20. The number of guanidine groups is 1. The van der Waals surface area contributed by atoms with Crippen molar-refractivity contribution in [1.29, 1.82) is 0 Å². The van der Waals surface area contributed by atoms with Gasteiger partial charge < -0.3 is 19.4 Å². The van der Waals surface area contributed by atoms with Crippen LogP contribution in [0.4, 0.5) is 0 Å². The molecule has 1 saturated carbocycles. The van der Waals surface area contributed by atoms with Crippen molar-refractivity contribution in [1.82, 2.24) is 10.2 Å². The van der Waals surface area contributed by atoms with Gasteiger partial charge in [0.25, 0.3) is 0 Å². The molecular formula is C17H28IN3O2.